The Balaban J connectivity index is 2.11. The van der Waals surface area contributed by atoms with E-state index in [2.05, 4.69) is 68.3 Å². The monoisotopic (exact) mass is 377 g/mol. The molecule has 1 aliphatic heterocycles. The number of hydrogen-bond donors (Lipinski definition) is 0. The average molecular weight is 378 g/mol. The number of anilines is 1. The van der Waals surface area contributed by atoms with E-state index >= 15 is 0 Å². The molecule has 3 rings (SSSR count). The van der Waals surface area contributed by atoms with Gasteiger partial charge in [0.25, 0.3) is 0 Å². The minimum absolute atomic E-state index is 0.298. The third kappa shape index (κ3) is 3.80. The zero-order valence-corrected chi connectivity index (χ0v) is 17.7. The summed E-state index contributed by atoms with van der Waals surface area (Å²) in [5, 5.41) is 0. The van der Waals surface area contributed by atoms with Gasteiger partial charge in [0.1, 0.15) is 11.5 Å². The predicted octanol–water partition coefficient (Wildman–Crippen LogP) is 6.46. The summed E-state index contributed by atoms with van der Waals surface area (Å²) in [5.74, 6) is 1.78. The van der Waals surface area contributed by atoms with Crippen LogP contribution in [0.3, 0.4) is 0 Å². The van der Waals surface area contributed by atoms with Gasteiger partial charge in [-0.2, -0.15) is 0 Å². The Morgan fingerprint density at radius 1 is 0.786 bits per heavy atom. The molecule has 0 spiro atoms. The molecule has 1 aliphatic rings. The van der Waals surface area contributed by atoms with Crippen molar-refractivity contribution in [1.82, 2.24) is 0 Å². The first-order valence-corrected chi connectivity index (χ1v) is 10.2. The Labute approximate surface area is 169 Å². The second-order valence-electron chi connectivity index (χ2n) is 7.01. The summed E-state index contributed by atoms with van der Waals surface area (Å²) in [7, 11) is 3.42. The SMILES string of the molecule is CCC1=CN(c2ccc(OC)cc2)C(CC)C(c2ccc(OC)cc2)=C1CC. The Hall–Kier alpha value is -2.68. The first-order chi connectivity index (χ1) is 13.7. The lowest BCUT2D eigenvalue weighted by Crippen LogP contribution is -2.35. The van der Waals surface area contributed by atoms with Crippen molar-refractivity contribution >= 4 is 11.3 Å². The maximum Gasteiger partial charge on any atom is 0.119 e. The molecule has 3 heteroatoms. The Morgan fingerprint density at radius 3 is 1.82 bits per heavy atom. The van der Waals surface area contributed by atoms with E-state index in [1.807, 2.05) is 12.1 Å². The Kier molecular flexibility index (Phi) is 6.45. The number of nitrogens with zero attached hydrogens (tertiary/aromatic N) is 1. The van der Waals surface area contributed by atoms with Crippen molar-refractivity contribution in [2.45, 2.75) is 46.1 Å². The topological polar surface area (TPSA) is 21.7 Å². The molecule has 3 nitrogen and oxygen atoms in total. The van der Waals surface area contributed by atoms with Gasteiger partial charge >= 0.3 is 0 Å². The van der Waals surface area contributed by atoms with E-state index in [0.717, 1.165) is 30.8 Å². The van der Waals surface area contributed by atoms with Crippen LogP contribution in [-0.2, 0) is 0 Å². The summed E-state index contributed by atoms with van der Waals surface area (Å²) >= 11 is 0. The molecule has 2 aromatic carbocycles. The third-order valence-corrected chi connectivity index (χ3v) is 5.57. The van der Waals surface area contributed by atoms with Crippen LogP contribution in [0.4, 0.5) is 5.69 Å². The second-order valence-corrected chi connectivity index (χ2v) is 7.01. The lowest BCUT2D eigenvalue weighted by Gasteiger charge is -2.39. The van der Waals surface area contributed by atoms with Crippen LogP contribution in [-0.4, -0.2) is 20.3 Å². The van der Waals surface area contributed by atoms with Gasteiger partial charge in [-0.15, -0.1) is 0 Å². The van der Waals surface area contributed by atoms with E-state index < -0.39 is 0 Å². The number of benzene rings is 2. The van der Waals surface area contributed by atoms with Crippen LogP contribution in [0.5, 0.6) is 11.5 Å². The van der Waals surface area contributed by atoms with Crippen LogP contribution >= 0.6 is 0 Å². The Bertz CT molecular complexity index is 847. The normalized spacial score (nSPS) is 16.8. The lowest BCUT2D eigenvalue weighted by atomic mass is 9.83. The number of ether oxygens (including phenoxy) is 2. The molecular formula is C25H31NO2. The highest BCUT2D eigenvalue weighted by molar-refractivity contribution is 5.82. The van der Waals surface area contributed by atoms with Gasteiger partial charge in [0.05, 0.1) is 20.3 Å². The van der Waals surface area contributed by atoms with Gasteiger partial charge in [0, 0.05) is 11.9 Å². The largest absolute Gasteiger partial charge is 0.497 e. The van der Waals surface area contributed by atoms with Crippen molar-refractivity contribution in [2.75, 3.05) is 19.1 Å². The Morgan fingerprint density at radius 2 is 1.36 bits per heavy atom. The van der Waals surface area contributed by atoms with E-state index in [9.17, 15) is 0 Å². The number of hydrogen-bond acceptors (Lipinski definition) is 3. The first kappa shape index (κ1) is 20.1. The zero-order valence-electron chi connectivity index (χ0n) is 17.7. The minimum Gasteiger partial charge on any atom is -0.497 e. The maximum absolute atomic E-state index is 5.37. The fourth-order valence-corrected chi connectivity index (χ4v) is 4.12. The molecule has 1 atom stereocenters. The molecule has 148 valence electrons. The van der Waals surface area contributed by atoms with Crippen molar-refractivity contribution in [3.63, 3.8) is 0 Å². The van der Waals surface area contributed by atoms with Crippen molar-refractivity contribution < 1.29 is 9.47 Å². The highest BCUT2D eigenvalue weighted by Crippen LogP contribution is 2.41. The molecule has 0 amide bonds. The van der Waals surface area contributed by atoms with Gasteiger partial charge in [-0.05, 0) is 77.9 Å². The van der Waals surface area contributed by atoms with Gasteiger partial charge in [0.15, 0.2) is 0 Å². The molecule has 0 fully saturated rings. The van der Waals surface area contributed by atoms with Crippen molar-refractivity contribution in [3.05, 3.63) is 71.4 Å². The number of allylic oxidation sites excluding steroid dienone is 2. The molecular weight excluding hydrogens is 346 g/mol. The van der Waals surface area contributed by atoms with Crippen molar-refractivity contribution in [1.29, 1.82) is 0 Å². The molecule has 0 bridgehead atoms. The molecule has 0 saturated heterocycles. The second kappa shape index (κ2) is 9.01. The van der Waals surface area contributed by atoms with E-state index in [4.69, 9.17) is 9.47 Å². The summed E-state index contributed by atoms with van der Waals surface area (Å²) in [5.41, 5.74) is 6.79. The van der Waals surface area contributed by atoms with Gasteiger partial charge in [-0.25, -0.2) is 0 Å². The predicted molar refractivity (Wildman–Crippen MR) is 118 cm³/mol. The fourth-order valence-electron chi connectivity index (χ4n) is 4.12. The quantitative estimate of drug-likeness (QED) is 0.553. The maximum atomic E-state index is 5.37. The molecule has 2 aromatic rings. The van der Waals surface area contributed by atoms with Crippen LogP contribution in [0, 0.1) is 0 Å². The summed E-state index contributed by atoms with van der Waals surface area (Å²) in [6.45, 7) is 6.77. The average Bonchev–Trinajstić information content (AvgIpc) is 2.77. The molecule has 28 heavy (non-hydrogen) atoms. The smallest absolute Gasteiger partial charge is 0.119 e. The van der Waals surface area contributed by atoms with Crippen LogP contribution in [0.2, 0.25) is 0 Å². The molecule has 0 saturated carbocycles. The molecule has 0 radical (unpaired) electrons. The summed E-state index contributed by atoms with van der Waals surface area (Å²) in [6, 6.07) is 17.2. The van der Waals surface area contributed by atoms with Gasteiger partial charge < -0.3 is 14.4 Å². The molecule has 0 N–H and O–H groups in total. The van der Waals surface area contributed by atoms with E-state index in [0.29, 0.717) is 6.04 Å². The zero-order chi connectivity index (χ0) is 20.1. The van der Waals surface area contributed by atoms with Crippen LogP contribution < -0.4 is 14.4 Å². The van der Waals surface area contributed by atoms with Gasteiger partial charge in [-0.3, -0.25) is 0 Å². The number of rotatable bonds is 7. The van der Waals surface area contributed by atoms with Crippen molar-refractivity contribution in [3.8, 4) is 11.5 Å². The highest BCUT2D eigenvalue weighted by atomic mass is 16.5. The van der Waals surface area contributed by atoms with Crippen LogP contribution in [0.25, 0.3) is 5.57 Å². The summed E-state index contributed by atoms with van der Waals surface area (Å²) in [6.07, 6.45) is 5.44. The summed E-state index contributed by atoms with van der Waals surface area (Å²) in [4.78, 5) is 2.43. The molecule has 0 aromatic heterocycles. The lowest BCUT2D eigenvalue weighted by molar-refractivity contribution is 0.414. The fraction of sp³-hybridized carbons (Fsp3) is 0.360. The van der Waals surface area contributed by atoms with Crippen LogP contribution in [0.15, 0.2) is 65.9 Å². The van der Waals surface area contributed by atoms with E-state index in [1.165, 1.54) is 28.0 Å². The standard InChI is InChI=1S/C25H31NO2/c1-6-18-17-26(20-11-15-22(28-5)16-12-20)24(8-3)25(23(18)7-2)19-9-13-21(27-4)14-10-19/h9-17,24H,6-8H2,1-5H3. The molecule has 1 heterocycles. The van der Waals surface area contributed by atoms with E-state index in [-0.39, 0.29) is 0 Å². The molecule has 0 aliphatic carbocycles. The van der Waals surface area contributed by atoms with Crippen LogP contribution in [0.1, 0.15) is 45.6 Å². The highest BCUT2D eigenvalue weighted by Gasteiger charge is 2.29. The number of methoxy groups -OCH3 is 2. The van der Waals surface area contributed by atoms with E-state index in [1.54, 1.807) is 14.2 Å². The van der Waals surface area contributed by atoms with Gasteiger partial charge in [0.2, 0.25) is 0 Å². The third-order valence-electron chi connectivity index (χ3n) is 5.57. The summed E-state index contributed by atoms with van der Waals surface area (Å²) < 4.78 is 10.7. The minimum atomic E-state index is 0.298. The van der Waals surface area contributed by atoms with Gasteiger partial charge in [-0.1, -0.05) is 32.9 Å². The first-order valence-electron chi connectivity index (χ1n) is 10.2. The van der Waals surface area contributed by atoms with Crippen molar-refractivity contribution in [2.24, 2.45) is 0 Å². The molecule has 1 unspecified atom stereocenters.